The summed E-state index contributed by atoms with van der Waals surface area (Å²) in [5.74, 6) is 1.35. The fourth-order valence-electron chi connectivity index (χ4n) is 2.93. The van der Waals surface area contributed by atoms with Crippen molar-refractivity contribution in [2.75, 3.05) is 7.11 Å². The number of aromatic nitrogens is 1. The largest absolute Gasteiger partial charge is 0.496 e. The Morgan fingerprint density at radius 3 is 2.27 bits per heavy atom. The van der Waals surface area contributed by atoms with Crippen molar-refractivity contribution < 1.29 is 17.9 Å². The third kappa shape index (κ3) is 4.22. The predicted octanol–water partition coefficient (Wildman–Crippen LogP) is 5.23. The maximum atomic E-state index is 12.7. The van der Waals surface area contributed by atoms with E-state index in [9.17, 15) is 8.42 Å². The van der Waals surface area contributed by atoms with Gasteiger partial charge in [-0.15, -0.1) is 11.3 Å². The molecule has 3 aromatic carbocycles. The van der Waals surface area contributed by atoms with Crippen LogP contribution in [0.3, 0.4) is 0 Å². The molecule has 0 fully saturated rings. The minimum Gasteiger partial charge on any atom is -0.496 e. The number of sulfone groups is 1. The van der Waals surface area contributed by atoms with Crippen molar-refractivity contribution in [3.63, 3.8) is 0 Å². The van der Waals surface area contributed by atoms with E-state index in [4.69, 9.17) is 9.47 Å². The number of methoxy groups -OCH3 is 1. The van der Waals surface area contributed by atoms with Crippen molar-refractivity contribution in [2.45, 2.75) is 16.4 Å². The van der Waals surface area contributed by atoms with Crippen molar-refractivity contribution in [2.24, 2.45) is 0 Å². The van der Waals surface area contributed by atoms with Crippen LogP contribution in [-0.4, -0.2) is 20.5 Å². The Hall–Kier alpha value is -3.16. The molecule has 152 valence electrons. The molecule has 7 heteroatoms. The number of hydrogen-bond donors (Lipinski definition) is 0. The van der Waals surface area contributed by atoms with Crippen LogP contribution in [0.25, 0.3) is 10.6 Å². The van der Waals surface area contributed by atoms with Crippen LogP contribution in [0.5, 0.6) is 11.5 Å². The van der Waals surface area contributed by atoms with Gasteiger partial charge in [-0.1, -0.05) is 30.3 Å². The van der Waals surface area contributed by atoms with Crippen LogP contribution in [0.2, 0.25) is 0 Å². The summed E-state index contributed by atoms with van der Waals surface area (Å²) >= 11 is 1.52. The van der Waals surface area contributed by atoms with E-state index < -0.39 is 9.84 Å². The highest BCUT2D eigenvalue weighted by Gasteiger charge is 2.17. The molecule has 0 atom stereocenters. The van der Waals surface area contributed by atoms with E-state index in [0.717, 1.165) is 22.0 Å². The predicted molar refractivity (Wildman–Crippen MR) is 117 cm³/mol. The van der Waals surface area contributed by atoms with Gasteiger partial charge < -0.3 is 9.47 Å². The van der Waals surface area contributed by atoms with E-state index >= 15 is 0 Å². The number of nitrogens with zero attached hydrogens (tertiary/aromatic N) is 1. The average molecular weight is 438 g/mol. The minimum absolute atomic E-state index is 0.230. The highest BCUT2D eigenvalue weighted by Crippen LogP contribution is 2.32. The fourth-order valence-corrected chi connectivity index (χ4v) is 5.04. The van der Waals surface area contributed by atoms with Crippen LogP contribution in [0.1, 0.15) is 5.69 Å². The van der Waals surface area contributed by atoms with Gasteiger partial charge in [-0.3, -0.25) is 0 Å². The molecule has 0 amide bonds. The van der Waals surface area contributed by atoms with E-state index in [1.54, 1.807) is 61.7 Å². The van der Waals surface area contributed by atoms with Gasteiger partial charge >= 0.3 is 0 Å². The zero-order chi connectivity index (χ0) is 21.0. The Morgan fingerprint density at radius 1 is 0.867 bits per heavy atom. The van der Waals surface area contributed by atoms with Gasteiger partial charge in [0, 0.05) is 5.38 Å². The van der Waals surface area contributed by atoms with Crippen molar-refractivity contribution >= 4 is 21.2 Å². The van der Waals surface area contributed by atoms with Crippen LogP contribution in [0, 0.1) is 0 Å². The Bertz CT molecular complexity index is 1230. The molecule has 0 unspecified atom stereocenters. The first-order chi connectivity index (χ1) is 14.6. The molecule has 1 heterocycles. The van der Waals surface area contributed by atoms with E-state index in [-0.39, 0.29) is 16.4 Å². The van der Waals surface area contributed by atoms with Gasteiger partial charge in [0.25, 0.3) is 0 Å². The molecule has 4 aromatic rings. The van der Waals surface area contributed by atoms with Crippen LogP contribution >= 0.6 is 11.3 Å². The van der Waals surface area contributed by atoms with Gasteiger partial charge in [-0.05, 0) is 48.5 Å². The second kappa shape index (κ2) is 8.69. The van der Waals surface area contributed by atoms with E-state index in [2.05, 4.69) is 4.98 Å². The van der Waals surface area contributed by atoms with Gasteiger partial charge in [0.2, 0.25) is 9.84 Å². The highest BCUT2D eigenvalue weighted by molar-refractivity contribution is 7.91. The molecule has 0 aliphatic heterocycles. The molecule has 30 heavy (non-hydrogen) atoms. The average Bonchev–Trinajstić information content (AvgIpc) is 3.27. The van der Waals surface area contributed by atoms with Crippen LogP contribution in [0.4, 0.5) is 0 Å². The van der Waals surface area contributed by atoms with Gasteiger partial charge in [0.1, 0.15) is 23.1 Å². The summed E-state index contributed by atoms with van der Waals surface area (Å²) in [6, 6.07) is 22.5. The molecular weight excluding hydrogens is 418 g/mol. The first-order valence-corrected chi connectivity index (χ1v) is 11.5. The summed E-state index contributed by atoms with van der Waals surface area (Å²) in [5.41, 5.74) is 1.73. The van der Waals surface area contributed by atoms with Gasteiger partial charge in [0.15, 0.2) is 0 Å². The molecule has 0 radical (unpaired) electrons. The Labute approximate surface area is 179 Å². The summed E-state index contributed by atoms with van der Waals surface area (Å²) in [5, 5.41) is 2.80. The van der Waals surface area contributed by atoms with E-state index in [1.807, 2.05) is 29.6 Å². The van der Waals surface area contributed by atoms with Gasteiger partial charge in [-0.25, -0.2) is 13.4 Å². The molecule has 0 spiro atoms. The number of rotatable bonds is 7. The summed E-state index contributed by atoms with van der Waals surface area (Å²) < 4.78 is 36.5. The minimum atomic E-state index is -3.53. The van der Waals surface area contributed by atoms with Crippen molar-refractivity contribution in [3.05, 3.63) is 89.9 Å². The second-order valence-electron chi connectivity index (χ2n) is 6.42. The summed E-state index contributed by atoms with van der Waals surface area (Å²) in [6.07, 6.45) is 0. The third-order valence-corrected chi connectivity index (χ3v) is 7.17. The molecule has 0 aliphatic rings. The normalized spacial score (nSPS) is 11.2. The zero-order valence-electron chi connectivity index (χ0n) is 16.2. The second-order valence-corrected chi connectivity index (χ2v) is 9.23. The molecule has 0 bridgehead atoms. The van der Waals surface area contributed by atoms with Crippen molar-refractivity contribution in [1.82, 2.24) is 4.98 Å². The lowest BCUT2D eigenvalue weighted by Crippen LogP contribution is -2.02. The van der Waals surface area contributed by atoms with Gasteiger partial charge in [0.05, 0.1) is 28.2 Å². The van der Waals surface area contributed by atoms with Crippen LogP contribution < -0.4 is 9.47 Å². The Kier molecular flexibility index (Phi) is 5.83. The maximum Gasteiger partial charge on any atom is 0.206 e. The lowest BCUT2D eigenvalue weighted by molar-refractivity contribution is 0.302. The first-order valence-electron chi connectivity index (χ1n) is 9.19. The molecule has 0 saturated heterocycles. The molecule has 4 rings (SSSR count). The monoisotopic (exact) mass is 437 g/mol. The standard InChI is InChI=1S/C23H19NO4S2/c1-27-22-10-6-5-9-21(22)23-24-17(16-29-23)15-28-18-11-13-20(14-12-18)30(25,26)19-7-3-2-4-8-19/h2-14,16H,15H2,1H3. The molecule has 0 aliphatic carbocycles. The van der Waals surface area contributed by atoms with E-state index in [1.165, 1.54) is 11.3 Å². The van der Waals surface area contributed by atoms with Crippen molar-refractivity contribution in [1.29, 1.82) is 0 Å². The highest BCUT2D eigenvalue weighted by atomic mass is 32.2. The number of para-hydroxylation sites is 1. The van der Waals surface area contributed by atoms with Gasteiger partial charge in [-0.2, -0.15) is 0 Å². The number of ether oxygens (including phenoxy) is 2. The number of thiazole rings is 1. The number of hydrogen-bond acceptors (Lipinski definition) is 6. The quantitative estimate of drug-likeness (QED) is 0.396. The smallest absolute Gasteiger partial charge is 0.206 e. The lowest BCUT2D eigenvalue weighted by Gasteiger charge is -2.07. The summed E-state index contributed by atoms with van der Waals surface area (Å²) in [7, 11) is -1.90. The third-order valence-electron chi connectivity index (χ3n) is 4.46. The SMILES string of the molecule is COc1ccccc1-c1nc(COc2ccc(S(=O)(=O)c3ccccc3)cc2)cs1. The summed E-state index contributed by atoms with van der Waals surface area (Å²) in [4.78, 5) is 5.12. The molecule has 5 nitrogen and oxygen atoms in total. The maximum absolute atomic E-state index is 12.7. The number of benzene rings is 3. The first kappa shape index (κ1) is 20.1. The molecule has 1 aromatic heterocycles. The summed E-state index contributed by atoms with van der Waals surface area (Å²) in [6.45, 7) is 0.288. The van der Waals surface area contributed by atoms with E-state index in [0.29, 0.717) is 5.75 Å². The molecular formula is C23H19NO4S2. The Morgan fingerprint density at radius 2 is 1.53 bits per heavy atom. The molecule has 0 saturated carbocycles. The topological polar surface area (TPSA) is 65.5 Å². The Balaban J connectivity index is 1.45. The van der Waals surface area contributed by atoms with Crippen LogP contribution in [-0.2, 0) is 16.4 Å². The van der Waals surface area contributed by atoms with Crippen LogP contribution in [0.15, 0.2) is 94.0 Å². The lowest BCUT2D eigenvalue weighted by atomic mass is 10.2. The van der Waals surface area contributed by atoms with Crippen molar-refractivity contribution in [3.8, 4) is 22.1 Å². The zero-order valence-corrected chi connectivity index (χ0v) is 17.8. The fraction of sp³-hybridized carbons (Fsp3) is 0.0870. The molecule has 0 N–H and O–H groups in total.